The van der Waals surface area contributed by atoms with Gasteiger partial charge in [-0.15, -0.1) is 0 Å². The molecular weight excluding hydrogens is 419 g/mol. The van der Waals surface area contributed by atoms with Crippen molar-refractivity contribution in [3.05, 3.63) is 69.7 Å². The van der Waals surface area contributed by atoms with Crippen LogP contribution < -0.4 is 0 Å². The second-order valence-electron chi connectivity index (χ2n) is 7.53. The van der Waals surface area contributed by atoms with Crippen molar-refractivity contribution >= 4 is 17.4 Å². The van der Waals surface area contributed by atoms with Gasteiger partial charge in [0, 0.05) is 62.6 Å². The largest absolute Gasteiger partial charge is 0.314 e. The van der Waals surface area contributed by atoms with Crippen molar-refractivity contribution in [1.29, 1.82) is 0 Å². The van der Waals surface area contributed by atoms with E-state index >= 15 is 0 Å². The van der Waals surface area contributed by atoms with Crippen molar-refractivity contribution in [3.63, 3.8) is 0 Å². The van der Waals surface area contributed by atoms with Crippen LogP contribution in [0.25, 0.3) is 0 Å². The van der Waals surface area contributed by atoms with Gasteiger partial charge in [-0.1, -0.05) is 41.9 Å². The zero-order valence-electron chi connectivity index (χ0n) is 15.8. The molecular formula is C22H27ClNOY+. The minimum absolute atomic E-state index is 0. The first-order valence-electron chi connectivity index (χ1n) is 9.14. The van der Waals surface area contributed by atoms with Crippen LogP contribution in [0.4, 0.5) is 0 Å². The van der Waals surface area contributed by atoms with Crippen molar-refractivity contribution in [2.45, 2.75) is 39.7 Å². The Morgan fingerprint density at radius 2 is 1.62 bits per heavy atom. The van der Waals surface area contributed by atoms with Gasteiger partial charge in [0.15, 0.2) is 5.78 Å². The van der Waals surface area contributed by atoms with E-state index in [-0.39, 0.29) is 32.7 Å². The molecule has 2 aromatic carbocycles. The third-order valence-electron chi connectivity index (χ3n) is 5.42. The number of benzene rings is 2. The SMILES string of the molecule is Cc1cc(Cl)cc(C)c1CC(=O)C[N+]1(Cc2ccccc2)CCCC1.[Y]. The van der Waals surface area contributed by atoms with Crippen LogP contribution in [0.5, 0.6) is 0 Å². The fraction of sp³-hybridized carbons (Fsp3) is 0.409. The molecule has 0 saturated carbocycles. The minimum atomic E-state index is 0. The van der Waals surface area contributed by atoms with Crippen molar-refractivity contribution in [1.82, 2.24) is 0 Å². The molecule has 0 spiro atoms. The molecule has 1 aliphatic rings. The number of halogens is 1. The third-order valence-corrected chi connectivity index (χ3v) is 5.64. The van der Waals surface area contributed by atoms with Crippen LogP contribution in [-0.4, -0.2) is 29.9 Å². The van der Waals surface area contributed by atoms with Crippen molar-refractivity contribution in [2.75, 3.05) is 19.6 Å². The van der Waals surface area contributed by atoms with Gasteiger partial charge in [-0.05, 0) is 42.7 Å². The summed E-state index contributed by atoms with van der Waals surface area (Å²) in [6.07, 6.45) is 2.96. The fourth-order valence-corrected chi connectivity index (χ4v) is 4.52. The van der Waals surface area contributed by atoms with Gasteiger partial charge >= 0.3 is 0 Å². The van der Waals surface area contributed by atoms with Crippen LogP contribution in [0.15, 0.2) is 42.5 Å². The van der Waals surface area contributed by atoms with Gasteiger partial charge in [-0.3, -0.25) is 4.79 Å². The maximum Gasteiger partial charge on any atom is 0.191 e. The number of rotatable bonds is 6. The zero-order chi connectivity index (χ0) is 17.9. The summed E-state index contributed by atoms with van der Waals surface area (Å²) in [5.41, 5.74) is 4.71. The molecule has 0 aromatic heterocycles. The molecule has 1 saturated heterocycles. The number of Topliss-reactive ketones (excluding diaryl/α,β-unsaturated/α-hetero) is 1. The molecule has 0 N–H and O–H groups in total. The molecule has 1 fully saturated rings. The van der Waals surface area contributed by atoms with E-state index in [0.717, 1.165) is 45.8 Å². The summed E-state index contributed by atoms with van der Waals surface area (Å²) in [5.74, 6) is 0.339. The molecule has 0 atom stereocenters. The number of carbonyl (C=O) groups excluding carboxylic acids is 1. The van der Waals surface area contributed by atoms with Crippen LogP contribution >= 0.6 is 11.6 Å². The Bertz CT molecular complexity index is 731. The molecule has 2 aromatic rings. The number of quaternary nitrogens is 1. The predicted molar refractivity (Wildman–Crippen MR) is 104 cm³/mol. The second kappa shape index (κ2) is 9.60. The van der Waals surface area contributed by atoms with E-state index in [0.29, 0.717) is 18.7 Å². The minimum Gasteiger partial charge on any atom is -0.314 e. The summed E-state index contributed by atoms with van der Waals surface area (Å²) in [4.78, 5) is 12.9. The number of aryl methyl sites for hydroxylation is 2. The standard InChI is InChI=1S/C22H27ClNO.Y/c1-17-12-20(23)13-18(2)22(17)14-21(25)16-24(10-6-7-11-24)15-19-8-4-3-5-9-19;/h3-5,8-9,12-13H,6-7,10-11,14-16H2,1-2H3;/q+1;. The summed E-state index contributed by atoms with van der Waals surface area (Å²) >= 11 is 6.12. The average molecular weight is 446 g/mol. The van der Waals surface area contributed by atoms with Gasteiger partial charge in [0.1, 0.15) is 13.1 Å². The monoisotopic (exact) mass is 445 g/mol. The number of hydrogen-bond acceptors (Lipinski definition) is 1. The van der Waals surface area contributed by atoms with Crippen LogP contribution in [-0.2, 0) is 50.5 Å². The summed E-state index contributed by atoms with van der Waals surface area (Å²) < 4.78 is 0.911. The van der Waals surface area contributed by atoms with Crippen LogP contribution in [0.2, 0.25) is 5.02 Å². The topological polar surface area (TPSA) is 17.1 Å². The predicted octanol–water partition coefficient (Wildman–Crippen LogP) is 4.88. The van der Waals surface area contributed by atoms with Crippen LogP contribution in [0.3, 0.4) is 0 Å². The van der Waals surface area contributed by atoms with E-state index in [1.165, 1.54) is 18.4 Å². The Morgan fingerprint density at radius 3 is 2.19 bits per heavy atom. The third kappa shape index (κ3) is 5.48. The van der Waals surface area contributed by atoms with Gasteiger partial charge in [-0.2, -0.15) is 0 Å². The number of hydrogen-bond donors (Lipinski definition) is 0. The molecule has 1 heterocycles. The molecule has 0 aliphatic carbocycles. The van der Waals surface area contributed by atoms with Crippen molar-refractivity contribution < 1.29 is 42.0 Å². The molecule has 0 unspecified atom stereocenters. The normalized spacial score (nSPS) is 15.5. The van der Waals surface area contributed by atoms with Crippen LogP contribution in [0, 0.1) is 13.8 Å². The summed E-state index contributed by atoms with van der Waals surface area (Å²) in [6, 6.07) is 14.5. The Balaban J connectivity index is 0.00000243. The van der Waals surface area contributed by atoms with E-state index in [1.54, 1.807) is 0 Å². The van der Waals surface area contributed by atoms with Gasteiger partial charge in [0.05, 0.1) is 13.1 Å². The van der Waals surface area contributed by atoms with Crippen molar-refractivity contribution in [3.8, 4) is 0 Å². The maximum absolute atomic E-state index is 12.9. The molecule has 4 heteroatoms. The summed E-state index contributed by atoms with van der Waals surface area (Å²) in [6.45, 7) is 7.91. The van der Waals surface area contributed by atoms with Gasteiger partial charge in [0.25, 0.3) is 0 Å². The van der Waals surface area contributed by atoms with Crippen LogP contribution in [0.1, 0.15) is 35.1 Å². The van der Waals surface area contributed by atoms with E-state index in [2.05, 4.69) is 30.3 Å². The summed E-state index contributed by atoms with van der Waals surface area (Å²) in [7, 11) is 0. The van der Waals surface area contributed by atoms with E-state index in [9.17, 15) is 4.79 Å². The Morgan fingerprint density at radius 1 is 1.04 bits per heavy atom. The molecule has 135 valence electrons. The maximum atomic E-state index is 12.9. The smallest absolute Gasteiger partial charge is 0.191 e. The molecule has 3 rings (SSSR count). The second-order valence-corrected chi connectivity index (χ2v) is 7.97. The zero-order valence-corrected chi connectivity index (χ0v) is 19.4. The van der Waals surface area contributed by atoms with Gasteiger partial charge in [0.2, 0.25) is 0 Å². The fourth-order valence-electron chi connectivity index (χ4n) is 4.20. The van der Waals surface area contributed by atoms with Gasteiger partial charge in [-0.25, -0.2) is 0 Å². The van der Waals surface area contributed by atoms with E-state index < -0.39 is 0 Å². The number of ketones is 1. The van der Waals surface area contributed by atoms with Gasteiger partial charge < -0.3 is 4.48 Å². The Kier molecular flexibility index (Phi) is 8.03. The first-order valence-corrected chi connectivity index (χ1v) is 9.52. The summed E-state index contributed by atoms with van der Waals surface area (Å²) in [5, 5.41) is 0.748. The molecule has 2 nitrogen and oxygen atoms in total. The Hall–Kier alpha value is -0.536. The molecule has 0 bridgehead atoms. The number of nitrogens with zero attached hydrogens (tertiary/aromatic N) is 1. The first kappa shape index (κ1) is 21.8. The number of carbonyl (C=O) groups is 1. The molecule has 0 amide bonds. The quantitative estimate of drug-likeness (QED) is 0.579. The Labute approximate surface area is 187 Å². The first-order chi connectivity index (χ1) is 12.0. The van der Waals surface area contributed by atoms with Crippen molar-refractivity contribution in [2.24, 2.45) is 0 Å². The van der Waals surface area contributed by atoms with E-state index in [4.69, 9.17) is 11.6 Å². The molecule has 26 heavy (non-hydrogen) atoms. The number of likely N-dealkylation sites (tertiary alicyclic amines) is 1. The van der Waals surface area contributed by atoms with E-state index in [1.807, 2.05) is 26.0 Å². The molecule has 1 radical (unpaired) electrons. The molecule has 1 aliphatic heterocycles. The average Bonchev–Trinajstić information content (AvgIpc) is 2.99.